The van der Waals surface area contributed by atoms with Crippen molar-refractivity contribution in [3.05, 3.63) is 54.1 Å². The second-order valence-electron chi connectivity index (χ2n) is 6.27. The highest BCUT2D eigenvalue weighted by Crippen LogP contribution is 2.34. The molecule has 1 atom stereocenters. The zero-order valence-corrected chi connectivity index (χ0v) is 12.8. The van der Waals surface area contributed by atoms with Gasteiger partial charge in [-0.2, -0.15) is 0 Å². The molecule has 0 radical (unpaired) electrons. The van der Waals surface area contributed by atoms with Crippen LogP contribution < -0.4 is 5.32 Å². The summed E-state index contributed by atoms with van der Waals surface area (Å²) in [5, 5.41) is 2.82. The van der Waals surface area contributed by atoms with Gasteiger partial charge >= 0.3 is 0 Å². The molecule has 1 N–H and O–H groups in total. The van der Waals surface area contributed by atoms with Crippen LogP contribution in [0.2, 0.25) is 0 Å². The minimum atomic E-state index is -0.664. The number of hydrogen-bond donors (Lipinski definition) is 1. The van der Waals surface area contributed by atoms with Crippen LogP contribution >= 0.6 is 0 Å². The highest BCUT2D eigenvalue weighted by Gasteiger charge is 2.30. The van der Waals surface area contributed by atoms with Gasteiger partial charge in [-0.05, 0) is 11.5 Å². The van der Waals surface area contributed by atoms with Crippen molar-refractivity contribution < 1.29 is 13.6 Å². The van der Waals surface area contributed by atoms with Crippen molar-refractivity contribution in [2.24, 2.45) is 5.41 Å². The fraction of sp³-hybridized carbons (Fsp3) is 0.375. The Hall–Kier alpha value is -2.24. The van der Waals surface area contributed by atoms with Crippen molar-refractivity contribution in [2.45, 2.75) is 33.4 Å². The molecular formula is C16H19F2N3O. The standard InChI is InChI=1S/C16H19F2N3O/c1-16(2,3)15(12-5-4-11(17)8-13(12)18)20-14(22)9-21-7-6-19-10-21/h4-8,10,15H,9H2,1-3H3,(H,20,22). The zero-order valence-electron chi connectivity index (χ0n) is 12.8. The maximum Gasteiger partial charge on any atom is 0.240 e. The van der Waals surface area contributed by atoms with E-state index >= 15 is 0 Å². The highest BCUT2D eigenvalue weighted by molar-refractivity contribution is 5.76. The van der Waals surface area contributed by atoms with Crippen LogP contribution in [0.3, 0.4) is 0 Å². The topological polar surface area (TPSA) is 46.9 Å². The molecule has 4 nitrogen and oxygen atoms in total. The molecular weight excluding hydrogens is 288 g/mol. The van der Waals surface area contributed by atoms with Crippen LogP contribution in [0.4, 0.5) is 8.78 Å². The molecule has 0 saturated carbocycles. The molecule has 0 aliphatic heterocycles. The third-order valence-electron chi connectivity index (χ3n) is 3.33. The van der Waals surface area contributed by atoms with Crippen molar-refractivity contribution in [2.75, 3.05) is 0 Å². The van der Waals surface area contributed by atoms with Crippen LogP contribution in [0.15, 0.2) is 36.9 Å². The molecule has 1 amide bonds. The van der Waals surface area contributed by atoms with Gasteiger partial charge in [0.2, 0.25) is 5.91 Å². The largest absolute Gasteiger partial charge is 0.347 e. The number of aromatic nitrogens is 2. The van der Waals surface area contributed by atoms with Crippen LogP contribution in [0.25, 0.3) is 0 Å². The average Bonchev–Trinajstić information content (AvgIpc) is 2.88. The van der Waals surface area contributed by atoms with Crippen molar-refractivity contribution in [3.63, 3.8) is 0 Å². The Morgan fingerprint density at radius 1 is 1.36 bits per heavy atom. The first kappa shape index (κ1) is 16.1. The van der Waals surface area contributed by atoms with Gasteiger partial charge in [0, 0.05) is 24.0 Å². The number of carbonyl (C=O) groups excluding carboxylic acids is 1. The van der Waals surface area contributed by atoms with Crippen molar-refractivity contribution in [3.8, 4) is 0 Å². The van der Waals surface area contributed by atoms with Crippen molar-refractivity contribution >= 4 is 5.91 Å². The van der Waals surface area contributed by atoms with Gasteiger partial charge in [0.15, 0.2) is 0 Å². The summed E-state index contributed by atoms with van der Waals surface area (Å²) < 4.78 is 28.8. The lowest BCUT2D eigenvalue weighted by molar-refractivity contribution is -0.123. The van der Waals surface area contributed by atoms with Crippen LogP contribution in [0.5, 0.6) is 0 Å². The zero-order chi connectivity index (χ0) is 16.3. The first-order valence-electron chi connectivity index (χ1n) is 6.97. The number of benzene rings is 1. The molecule has 1 aromatic carbocycles. The fourth-order valence-corrected chi connectivity index (χ4v) is 2.25. The molecule has 0 bridgehead atoms. The molecule has 0 spiro atoms. The molecule has 0 saturated heterocycles. The molecule has 22 heavy (non-hydrogen) atoms. The van der Waals surface area contributed by atoms with Gasteiger partial charge in [-0.3, -0.25) is 4.79 Å². The number of hydrogen-bond acceptors (Lipinski definition) is 2. The molecule has 2 rings (SSSR count). The summed E-state index contributed by atoms with van der Waals surface area (Å²) in [5.41, 5.74) is -0.156. The van der Waals surface area contributed by atoms with E-state index in [2.05, 4.69) is 10.3 Å². The van der Waals surface area contributed by atoms with Gasteiger partial charge in [-0.25, -0.2) is 13.8 Å². The molecule has 1 heterocycles. The maximum absolute atomic E-state index is 14.1. The van der Waals surface area contributed by atoms with E-state index in [4.69, 9.17) is 0 Å². The molecule has 2 aromatic rings. The summed E-state index contributed by atoms with van der Waals surface area (Å²) in [6.07, 6.45) is 4.78. The third-order valence-corrected chi connectivity index (χ3v) is 3.33. The SMILES string of the molecule is CC(C)(C)C(NC(=O)Cn1ccnc1)c1ccc(F)cc1F. The Morgan fingerprint density at radius 2 is 2.09 bits per heavy atom. The summed E-state index contributed by atoms with van der Waals surface area (Å²) in [6, 6.07) is 2.83. The second kappa shape index (κ2) is 6.25. The van der Waals surface area contributed by atoms with E-state index in [0.717, 1.165) is 6.07 Å². The lowest BCUT2D eigenvalue weighted by atomic mass is 9.82. The number of amides is 1. The Morgan fingerprint density at radius 3 is 2.64 bits per heavy atom. The number of carbonyl (C=O) groups is 1. The van der Waals surface area contributed by atoms with Gasteiger partial charge in [-0.15, -0.1) is 0 Å². The maximum atomic E-state index is 14.1. The van der Waals surface area contributed by atoms with Crippen molar-refractivity contribution in [1.82, 2.24) is 14.9 Å². The molecule has 1 aromatic heterocycles. The quantitative estimate of drug-likeness (QED) is 0.943. The molecule has 6 heteroatoms. The molecule has 0 aliphatic rings. The number of nitrogens with zero attached hydrogens (tertiary/aromatic N) is 2. The van der Waals surface area contributed by atoms with Crippen LogP contribution in [-0.4, -0.2) is 15.5 Å². The summed E-state index contributed by atoms with van der Waals surface area (Å²) in [4.78, 5) is 16.0. The predicted molar refractivity (Wildman–Crippen MR) is 78.9 cm³/mol. The summed E-state index contributed by atoms with van der Waals surface area (Å²) in [7, 11) is 0. The predicted octanol–water partition coefficient (Wildman–Crippen LogP) is 3.06. The Labute approximate surface area is 128 Å². The number of imidazole rings is 1. The van der Waals surface area contributed by atoms with E-state index in [1.807, 2.05) is 20.8 Å². The molecule has 1 unspecified atom stereocenters. The smallest absolute Gasteiger partial charge is 0.240 e. The van der Waals surface area contributed by atoms with Gasteiger partial charge in [-0.1, -0.05) is 26.8 Å². The Kier molecular flexibility index (Phi) is 4.59. The summed E-state index contributed by atoms with van der Waals surface area (Å²) in [5.74, 6) is -1.57. The second-order valence-corrected chi connectivity index (χ2v) is 6.27. The van der Waals surface area contributed by atoms with Crippen LogP contribution in [0.1, 0.15) is 32.4 Å². The minimum absolute atomic E-state index is 0.0927. The first-order valence-corrected chi connectivity index (χ1v) is 6.97. The molecule has 0 aliphatic carbocycles. The van der Waals surface area contributed by atoms with E-state index in [9.17, 15) is 13.6 Å². The van der Waals surface area contributed by atoms with E-state index in [1.54, 1.807) is 17.0 Å². The Bertz CT molecular complexity index is 648. The highest BCUT2D eigenvalue weighted by atomic mass is 19.1. The lowest BCUT2D eigenvalue weighted by Gasteiger charge is -2.32. The van der Waals surface area contributed by atoms with E-state index in [0.29, 0.717) is 0 Å². The fourth-order valence-electron chi connectivity index (χ4n) is 2.25. The first-order chi connectivity index (χ1) is 10.3. The van der Waals surface area contributed by atoms with Gasteiger partial charge in [0.25, 0.3) is 0 Å². The summed E-state index contributed by atoms with van der Waals surface area (Å²) >= 11 is 0. The third kappa shape index (κ3) is 3.90. The Balaban J connectivity index is 2.21. The lowest BCUT2D eigenvalue weighted by Crippen LogP contribution is -2.38. The monoisotopic (exact) mass is 307 g/mol. The normalized spacial score (nSPS) is 13.0. The minimum Gasteiger partial charge on any atom is -0.347 e. The van der Waals surface area contributed by atoms with Crippen LogP contribution in [-0.2, 0) is 11.3 Å². The van der Waals surface area contributed by atoms with E-state index < -0.39 is 23.1 Å². The number of halogens is 2. The van der Waals surface area contributed by atoms with Gasteiger partial charge in [0.05, 0.1) is 12.4 Å². The average molecular weight is 307 g/mol. The van der Waals surface area contributed by atoms with Crippen LogP contribution in [0, 0.1) is 17.0 Å². The number of rotatable bonds is 4. The molecule has 0 fully saturated rings. The van der Waals surface area contributed by atoms with Gasteiger partial charge < -0.3 is 9.88 Å². The number of nitrogens with one attached hydrogen (secondary N) is 1. The van der Waals surface area contributed by atoms with E-state index in [-0.39, 0.29) is 18.0 Å². The molecule has 118 valence electrons. The van der Waals surface area contributed by atoms with Crippen molar-refractivity contribution in [1.29, 1.82) is 0 Å². The van der Waals surface area contributed by atoms with E-state index in [1.165, 1.54) is 18.5 Å². The van der Waals surface area contributed by atoms with Gasteiger partial charge in [0.1, 0.15) is 18.2 Å². The summed E-state index contributed by atoms with van der Waals surface area (Å²) in [6.45, 7) is 5.75.